The number of rotatable bonds is 8. The Morgan fingerprint density at radius 3 is 2.65 bits per heavy atom. The van der Waals surface area contributed by atoms with Crippen LogP contribution in [0.15, 0.2) is 36.5 Å². The lowest BCUT2D eigenvalue weighted by Gasteiger charge is -2.04. The summed E-state index contributed by atoms with van der Waals surface area (Å²) in [6.07, 6.45) is 3.87. The van der Waals surface area contributed by atoms with Crippen LogP contribution in [0.2, 0.25) is 0 Å². The van der Waals surface area contributed by atoms with Gasteiger partial charge >= 0.3 is 0 Å². The third-order valence-corrected chi connectivity index (χ3v) is 3.27. The van der Waals surface area contributed by atoms with Crippen molar-refractivity contribution >= 4 is 18.3 Å². The summed E-state index contributed by atoms with van der Waals surface area (Å²) in [6.45, 7) is 1.41. The zero-order valence-corrected chi connectivity index (χ0v) is 13.9. The molecule has 2 rings (SSSR count). The van der Waals surface area contributed by atoms with Gasteiger partial charge in [0.05, 0.1) is 11.4 Å². The molecule has 2 N–H and O–H groups in total. The van der Waals surface area contributed by atoms with Gasteiger partial charge in [-0.1, -0.05) is 0 Å². The topological polar surface area (TPSA) is 59.0 Å². The summed E-state index contributed by atoms with van der Waals surface area (Å²) in [5, 5.41) is 10.3. The lowest BCUT2D eigenvalue weighted by molar-refractivity contribution is -0.121. The zero-order chi connectivity index (χ0) is 15.8. The van der Waals surface area contributed by atoms with Crippen LogP contribution >= 0.6 is 12.4 Å². The van der Waals surface area contributed by atoms with Crippen LogP contribution in [0.3, 0.4) is 0 Å². The standard InChI is InChI=1S/C16H21FN4O.ClH/c1-18-10-2-3-16(22)19-11-8-14-9-12-21(20-14)15-6-4-13(17)5-7-15;/h4-7,9,12,18H,2-3,8,10-11H2,1H3,(H,19,22);1H. The maximum absolute atomic E-state index is 12.9. The number of nitrogens with one attached hydrogen (secondary N) is 2. The first-order valence-electron chi connectivity index (χ1n) is 7.41. The van der Waals surface area contributed by atoms with E-state index in [2.05, 4.69) is 15.7 Å². The zero-order valence-electron chi connectivity index (χ0n) is 13.1. The van der Waals surface area contributed by atoms with E-state index in [0.29, 0.717) is 19.4 Å². The molecule has 0 aliphatic heterocycles. The Morgan fingerprint density at radius 2 is 1.96 bits per heavy atom. The van der Waals surface area contributed by atoms with Crippen molar-refractivity contribution in [2.45, 2.75) is 19.3 Å². The van der Waals surface area contributed by atoms with Crippen molar-refractivity contribution in [1.82, 2.24) is 20.4 Å². The summed E-state index contributed by atoms with van der Waals surface area (Å²) in [5.41, 5.74) is 1.70. The fourth-order valence-corrected chi connectivity index (χ4v) is 2.08. The minimum atomic E-state index is -0.267. The Labute approximate surface area is 141 Å². The largest absolute Gasteiger partial charge is 0.356 e. The van der Waals surface area contributed by atoms with Gasteiger partial charge in [-0.25, -0.2) is 9.07 Å². The molecule has 126 valence electrons. The predicted octanol–water partition coefficient (Wildman–Crippen LogP) is 2.09. The van der Waals surface area contributed by atoms with Crippen LogP contribution < -0.4 is 10.6 Å². The molecule has 1 aromatic heterocycles. The van der Waals surface area contributed by atoms with Gasteiger partial charge in [0.25, 0.3) is 0 Å². The molecule has 0 bridgehead atoms. The molecule has 0 fully saturated rings. The van der Waals surface area contributed by atoms with Crippen LogP contribution in [0.5, 0.6) is 0 Å². The van der Waals surface area contributed by atoms with Gasteiger partial charge in [-0.15, -0.1) is 12.4 Å². The van der Waals surface area contributed by atoms with Crippen LogP contribution in [0, 0.1) is 5.82 Å². The maximum atomic E-state index is 12.9. The van der Waals surface area contributed by atoms with Crippen LogP contribution in [-0.2, 0) is 11.2 Å². The molecule has 1 heterocycles. The van der Waals surface area contributed by atoms with Gasteiger partial charge in [-0.3, -0.25) is 4.79 Å². The summed E-state index contributed by atoms with van der Waals surface area (Å²) >= 11 is 0. The highest BCUT2D eigenvalue weighted by molar-refractivity contribution is 5.85. The molecule has 1 aromatic carbocycles. The van der Waals surface area contributed by atoms with E-state index < -0.39 is 0 Å². The Kier molecular flexibility index (Phi) is 8.29. The van der Waals surface area contributed by atoms with Gasteiger partial charge in [-0.2, -0.15) is 5.10 Å². The highest BCUT2D eigenvalue weighted by atomic mass is 35.5. The molecule has 0 radical (unpaired) electrons. The fraction of sp³-hybridized carbons (Fsp3) is 0.375. The maximum Gasteiger partial charge on any atom is 0.220 e. The van der Waals surface area contributed by atoms with E-state index in [-0.39, 0.29) is 24.1 Å². The normalized spacial score (nSPS) is 10.2. The lowest BCUT2D eigenvalue weighted by Crippen LogP contribution is -2.26. The van der Waals surface area contributed by atoms with Crippen LogP contribution in [0.4, 0.5) is 4.39 Å². The van der Waals surface area contributed by atoms with Gasteiger partial charge in [0, 0.05) is 25.6 Å². The van der Waals surface area contributed by atoms with Crippen molar-refractivity contribution < 1.29 is 9.18 Å². The summed E-state index contributed by atoms with van der Waals surface area (Å²) in [5.74, 6) is -0.203. The summed E-state index contributed by atoms with van der Waals surface area (Å²) in [4.78, 5) is 11.6. The van der Waals surface area contributed by atoms with Crippen molar-refractivity contribution in [2.75, 3.05) is 20.1 Å². The molecule has 7 heteroatoms. The van der Waals surface area contributed by atoms with Gasteiger partial charge in [-0.05, 0) is 50.3 Å². The SMILES string of the molecule is CNCCCC(=O)NCCc1ccn(-c2ccc(F)cc2)n1.Cl. The van der Waals surface area contributed by atoms with E-state index >= 15 is 0 Å². The number of hydrogen-bond donors (Lipinski definition) is 2. The number of carbonyl (C=O) groups excluding carboxylic acids is 1. The molecule has 1 amide bonds. The van der Waals surface area contributed by atoms with Crippen molar-refractivity contribution in [3.05, 3.63) is 48.0 Å². The number of carbonyl (C=O) groups is 1. The molecular formula is C16H22ClFN4O. The molecule has 0 aliphatic carbocycles. The number of halogens is 2. The van der Waals surface area contributed by atoms with Gasteiger partial charge in [0.15, 0.2) is 0 Å². The fourth-order valence-electron chi connectivity index (χ4n) is 2.08. The number of aromatic nitrogens is 2. The Balaban J connectivity index is 0.00000264. The van der Waals surface area contributed by atoms with Crippen LogP contribution in [-0.4, -0.2) is 35.8 Å². The smallest absolute Gasteiger partial charge is 0.220 e. The third kappa shape index (κ3) is 6.38. The number of benzene rings is 1. The van der Waals surface area contributed by atoms with Crippen LogP contribution in [0.25, 0.3) is 5.69 Å². The minimum absolute atomic E-state index is 0. The number of hydrogen-bond acceptors (Lipinski definition) is 3. The highest BCUT2D eigenvalue weighted by Gasteiger charge is 2.04. The molecule has 0 unspecified atom stereocenters. The average Bonchev–Trinajstić information content (AvgIpc) is 2.97. The third-order valence-electron chi connectivity index (χ3n) is 3.27. The van der Waals surface area contributed by atoms with E-state index in [1.807, 2.05) is 19.3 Å². The van der Waals surface area contributed by atoms with Crippen LogP contribution in [0.1, 0.15) is 18.5 Å². The first-order valence-corrected chi connectivity index (χ1v) is 7.41. The first-order chi connectivity index (χ1) is 10.7. The molecule has 0 saturated heterocycles. The summed E-state index contributed by atoms with van der Waals surface area (Å²) in [6, 6.07) is 8.06. The molecule has 0 saturated carbocycles. The van der Waals surface area contributed by atoms with Gasteiger partial charge in [0.1, 0.15) is 5.82 Å². The van der Waals surface area contributed by atoms with Crippen molar-refractivity contribution in [3.63, 3.8) is 0 Å². The summed E-state index contributed by atoms with van der Waals surface area (Å²) in [7, 11) is 1.87. The molecule has 0 aliphatic rings. The van der Waals surface area contributed by atoms with E-state index in [1.165, 1.54) is 12.1 Å². The Morgan fingerprint density at radius 1 is 1.22 bits per heavy atom. The second kappa shape index (κ2) is 9.97. The van der Waals surface area contributed by atoms with Gasteiger partial charge < -0.3 is 10.6 Å². The highest BCUT2D eigenvalue weighted by Crippen LogP contribution is 2.09. The molecular weight excluding hydrogens is 319 g/mol. The van der Waals surface area contributed by atoms with E-state index in [9.17, 15) is 9.18 Å². The van der Waals surface area contributed by atoms with Gasteiger partial charge in [0.2, 0.25) is 5.91 Å². The lowest BCUT2D eigenvalue weighted by atomic mass is 10.2. The monoisotopic (exact) mass is 340 g/mol. The molecule has 0 spiro atoms. The Bertz CT molecular complexity index is 600. The van der Waals surface area contributed by atoms with E-state index in [1.54, 1.807) is 16.8 Å². The number of nitrogens with zero attached hydrogens (tertiary/aromatic N) is 2. The van der Waals surface area contributed by atoms with Crippen molar-refractivity contribution in [1.29, 1.82) is 0 Å². The second-order valence-electron chi connectivity index (χ2n) is 5.04. The average molecular weight is 341 g/mol. The summed E-state index contributed by atoms with van der Waals surface area (Å²) < 4.78 is 14.6. The number of amides is 1. The minimum Gasteiger partial charge on any atom is -0.356 e. The van der Waals surface area contributed by atoms with Crippen molar-refractivity contribution in [2.24, 2.45) is 0 Å². The van der Waals surface area contributed by atoms with E-state index in [0.717, 1.165) is 24.3 Å². The first kappa shape index (κ1) is 19.1. The van der Waals surface area contributed by atoms with Crippen molar-refractivity contribution in [3.8, 4) is 5.69 Å². The molecule has 0 atom stereocenters. The molecule has 2 aromatic rings. The second-order valence-corrected chi connectivity index (χ2v) is 5.04. The molecule has 5 nitrogen and oxygen atoms in total. The Hall–Kier alpha value is -1.92. The quantitative estimate of drug-likeness (QED) is 0.723. The molecule has 23 heavy (non-hydrogen) atoms. The van der Waals surface area contributed by atoms with E-state index in [4.69, 9.17) is 0 Å². The predicted molar refractivity (Wildman–Crippen MR) is 90.6 cm³/mol.